The van der Waals surface area contributed by atoms with Gasteiger partial charge in [0.2, 0.25) is 0 Å². The van der Waals surface area contributed by atoms with Crippen LogP contribution in [0, 0.1) is 0 Å². The second-order valence-electron chi connectivity index (χ2n) is 17.1. The summed E-state index contributed by atoms with van der Waals surface area (Å²) in [6, 6.07) is 0. The summed E-state index contributed by atoms with van der Waals surface area (Å²) in [6.45, 7) is 5.43. The number of nitrogens with zero attached hydrogens (tertiary/aromatic N) is 1. The number of ether oxygens (including phenoxy) is 2. The maximum Gasteiger partial charge on any atom is 0.472 e. The number of rotatable bonds is 44. The summed E-state index contributed by atoms with van der Waals surface area (Å²) < 4.78 is 35.1. The van der Waals surface area contributed by atoms with Gasteiger partial charge < -0.3 is 18.9 Å². The van der Waals surface area contributed by atoms with Crippen molar-refractivity contribution in [2.24, 2.45) is 0 Å². The molecular formula is C52H93NO7P+. The van der Waals surface area contributed by atoms with Crippen LogP contribution in [0.1, 0.15) is 181 Å². The van der Waals surface area contributed by atoms with E-state index in [9.17, 15) is 14.3 Å². The van der Waals surface area contributed by atoms with Gasteiger partial charge in [0.05, 0.1) is 34.4 Å². The lowest BCUT2D eigenvalue weighted by Crippen LogP contribution is -2.37. The Hall–Kier alpha value is -2.32. The Labute approximate surface area is 375 Å². The minimum atomic E-state index is -4.29. The van der Waals surface area contributed by atoms with Gasteiger partial charge in [-0.1, -0.05) is 170 Å². The summed E-state index contributed by atoms with van der Waals surface area (Å²) in [5.41, 5.74) is 0. The average molecular weight is 875 g/mol. The van der Waals surface area contributed by atoms with E-state index in [1.165, 1.54) is 77.0 Å². The van der Waals surface area contributed by atoms with Gasteiger partial charge >= 0.3 is 13.8 Å². The third-order valence-corrected chi connectivity index (χ3v) is 10.9. The van der Waals surface area contributed by atoms with Crippen LogP contribution in [0.25, 0.3) is 0 Å². The van der Waals surface area contributed by atoms with Crippen molar-refractivity contribution in [2.75, 3.05) is 54.1 Å². The fourth-order valence-electron chi connectivity index (χ4n) is 6.20. The van der Waals surface area contributed by atoms with Crippen molar-refractivity contribution in [3.05, 3.63) is 85.1 Å². The zero-order chi connectivity index (χ0) is 44.8. The van der Waals surface area contributed by atoms with Crippen LogP contribution in [-0.4, -0.2) is 75.6 Å². The Morgan fingerprint density at radius 1 is 0.525 bits per heavy atom. The van der Waals surface area contributed by atoms with Crippen LogP contribution in [-0.2, 0) is 27.9 Å². The quantitative estimate of drug-likeness (QED) is 0.0214. The number of esters is 1. The van der Waals surface area contributed by atoms with E-state index in [0.29, 0.717) is 24.1 Å². The normalized spacial score (nSPS) is 14.4. The molecule has 0 aliphatic carbocycles. The Morgan fingerprint density at radius 2 is 0.951 bits per heavy atom. The Morgan fingerprint density at radius 3 is 1.43 bits per heavy atom. The highest BCUT2D eigenvalue weighted by molar-refractivity contribution is 7.47. The molecule has 0 fully saturated rings. The van der Waals surface area contributed by atoms with Crippen molar-refractivity contribution < 1.29 is 37.3 Å². The van der Waals surface area contributed by atoms with E-state index in [2.05, 4.69) is 98.9 Å². The molecule has 352 valence electrons. The first-order chi connectivity index (χ1) is 29.6. The molecule has 8 nitrogen and oxygen atoms in total. The van der Waals surface area contributed by atoms with Crippen molar-refractivity contribution in [3.8, 4) is 0 Å². The predicted molar refractivity (Wildman–Crippen MR) is 261 cm³/mol. The zero-order valence-electron chi connectivity index (χ0n) is 39.9. The van der Waals surface area contributed by atoms with Crippen LogP contribution in [0.5, 0.6) is 0 Å². The highest BCUT2D eigenvalue weighted by Gasteiger charge is 2.26. The number of allylic oxidation sites excluding steroid dienone is 14. The summed E-state index contributed by atoms with van der Waals surface area (Å²) in [5.74, 6) is -0.332. The molecule has 0 bridgehead atoms. The van der Waals surface area contributed by atoms with Gasteiger partial charge in [-0.15, -0.1) is 0 Å². The second kappa shape index (κ2) is 44.3. The monoisotopic (exact) mass is 875 g/mol. The molecule has 0 amide bonds. The lowest BCUT2D eigenvalue weighted by molar-refractivity contribution is -0.870. The minimum absolute atomic E-state index is 0.0794. The maximum atomic E-state index is 12.7. The largest absolute Gasteiger partial charge is 0.472 e. The molecule has 0 aliphatic rings. The molecule has 0 rings (SSSR count). The summed E-state index contributed by atoms with van der Waals surface area (Å²) >= 11 is 0. The lowest BCUT2D eigenvalue weighted by Gasteiger charge is -2.24. The van der Waals surface area contributed by atoms with Crippen LogP contribution >= 0.6 is 7.82 Å². The van der Waals surface area contributed by atoms with Gasteiger partial charge in [0.15, 0.2) is 0 Å². The van der Waals surface area contributed by atoms with Gasteiger partial charge in [-0.3, -0.25) is 13.8 Å². The van der Waals surface area contributed by atoms with E-state index >= 15 is 0 Å². The standard InChI is InChI=1S/C52H92NO7P/c1-6-8-10-12-14-16-18-20-22-24-25-26-27-28-29-30-31-33-35-37-39-41-43-45-52(54)60-51(50-59-61(55,56)58-48-46-53(3,4)5)49-57-47-44-42-40-38-36-34-32-23-21-19-17-15-13-11-9-7-2/h8,10,14-17,20-23,25-26,28-29,51H,6-7,9,11-13,18-19,24,27,30-50H2,1-5H3/p+1/b10-8-,16-14-,17-15-,22-20-,23-21-,26-25-,29-28-. The molecule has 0 radical (unpaired) electrons. The Balaban J connectivity index is 4.23. The van der Waals surface area contributed by atoms with Gasteiger partial charge in [0.1, 0.15) is 19.3 Å². The summed E-state index contributed by atoms with van der Waals surface area (Å²) in [5, 5.41) is 0. The van der Waals surface area contributed by atoms with E-state index in [1.54, 1.807) is 0 Å². The van der Waals surface area contributed by atoms with E-state index in [0.717, 1.165) is 83.5 Å². The van der Waals surface area contributed by atoms with Gasteiger partial charge in [-0.05, 0) is 89.9 Å². The highest BCUT2D eigenvalue weighted by Crippen LogP contribution is 2.43. The van der Waals surface area contributed by atoms with Gasteiger partial charge in [0.25, 0.3) is 0 Å². The first-order valence-electron chi connectivity index (χ1n) is 24.3. The van der Waals surface area contributed by atoms with Crippen molar-refractivity contribution in [2.45, 2.75) is 187 Å². The van der Waals surface area contributed by atoms with Crippen LogP contribution < -0.4 is 0 Å². The first kappa shape index (κ1) is 58.7. The van der Waals surface area contributed by atoms with Gasteiger partial charge in [-0.2, -0.15) is 0 Å². The van der Waals surface area contributed by atoms with Crippen LogP contribution in [0.3, 0.4) is 0 Å². The van der Waals surface area contributed by atoms with E-state index in [4.69, 9.17) is 18.5 Å². The highest BCUT2D eigenvalue weighted by atomic mass is 31.2. The average Bonchev–Trinajstić information content (AvgIpc) is 3.22. The SMILES string of the molecule is CC/C=C\C/C=C\C/C=C\C/C=C\C/C=C\CCCCCCCCCC(=O)OC(COCCCCCCCC/C=C\C/C=C\CCCCC)COP(=O)(O)OCC[N+](C)(C)C. The van der Waals surface area contributed by atoms with Crippen LogP contribution in [0.15, 0.2) is 85.1 Å². The molecule has 2 atom stereocenters. The molecular weight excluding hydrogens is 782 g/mol. The fourth-order valence-corrected chi connectivity index (χ4v) is 6.94. The summed E-state index contributed by atoms with van der Waals surface area (Å²) in [6.07, 6.45) is 59.0. The molecule has 2 unspecified atom stereocenters. The van der Waals surface area contributed by atoms with Crippen LogP contribution in [0.2, 0.25) is 0 Å². The predicted octanol–water partition coefficient (Wildman–Crippen LogP) is 14.8. The summed E-state index contributed by atoms with van der Waals surface area (Å²) in [7, 11) is 1.64. The second-order valence-corrected chi connectivity index (χ2v) is 18.6. The molecule has 0 aromatic heterocycles. The molecule has 0 saturated carbocycles. The minimum Gasteiger partial charge on any atom is -0.457 e. The zero-order valence-corrected chi connectivity index (χ0v) is 40.8. The molecule has 0 aromatic carbocycles. The van der Waals surface area contributed by atoms with Gasteiger partial charge in [-0.25, -0.2) is 4.57 Å². The number of carbonyl (C=O) groups excluding carboxylic acids is 1. The van der Waals surface area contributed by atoms with Crippen molar-refractivity contribution in [1.29, 1.82) is 0 Å². The topological polar surface area (TPSA) is 91.3 Å². The molecule has 0 heterocycles. The number of hydrogen-bond donors (Lipinski definition) is 1. The Bertz CT molecular complexity index is 1250. The number of likely N-dealkylation sites (N-methyl/N-ethyl adjacent to an activating group) is 1. The van der Waals surface area contributed by atoms with E-state index < -0.39 is 13.9 Å². The van der Waals surface area contributed by atoms with Crippen molar-refractivity contribution in [3.63, 3.8) is 0 Å². The third-order valence-electron chi connectivity index (χ3n) is 9.94. The molecule has 0 aliphatic heterocycles. The van der Waals surface area contributed by atoms with Crippen molar-refractivity contribution >= 4 is 13.8 Å². The molecule has 0 aromatic rings. The lowest BCUT2D eigenvalue weighted by atomic mass is 10.1. The smallest absolute Gasteiger partial charge is 0.457 e. The van der Waals surface area contributed by atoms with Crippen molar-refractivity contribution in [1.82, 2.24) is 0 Å². The molecule has 0 spiro atoms. The molecule has 9 heteroatoms. The number of unbranched alkanes of at least 4 members (excludes halogenated alkanes) is 16. The maximum absolute atomic E-state index is 12.7. The van der Waals surface area contributed by atoms with E-state index in [-0.39, 0.29) is 25.8 Å². The molecule has 0 saturated heterocycles. The third kappa shape index (κ3) is 48.6. The molecule has 1 N–H and O–H groups in total. The first-order valence-corrected chi connectivity index (χ1v) is 25.8. The van der Waals surface area contributed by atoms with Crippen LogP contribution in [0.4, 0.5) is 0 Å². The molecule has 61 heavy (non-hydrogen) atoms. The number of phosphoric ester groups is 1. The Kier molecular flexibility index (Phi) is 42.6. The van der Waals surface area contributed by atoms with Gasteiger partial charge in [0, 0.05) is 13.0 Å². The summed E-state index contributed by atoms with van der Waals surface area (Å²) in [4.78, 5) is 23.0. The number of phosphoric acid groups is 1. The number of hydrogen-bond acceptors (Lipinski definition) is 6. The number of quaternary nitrogens is 1. The van der Waals surface area contributed by atoms with E-state index in [1.807, 2.05) is 21.1 Å². The fraction of sp³-hybridized carbons (Fsp3) is 0.712. The number of carbonyl (C=O) groups is 1.